The molecular formula is C12H16BFO4. The van der Waals surface area contributed by atoms with E-state index in [1.807, 2.05) is 0 Å². The summed E-state index contributed by atoms with van der Waals surface area (Å²) in [7, 11) is -1.77. The molecular weight excluding hydrogens is 238 g/mol. The second-order valence-electron chi connectivity index (χ2n) is 5.03. The first-order chi connectivity index (χ1) is 8.17. The summed E-state index contributed by atoms with van der Waals surface area (Å²) in [5.74, 6) is -1.12. The van der Waals surface area contributed by atoms with Crippen molar-refractivity contribution in [1.82, 2.24) is 0 Å². The van der Waals surface area contributed by atoms with Crippen molar-refractivity contribution in [3.8, 4) is 0 Å². The van der Waals surface area contributed by atoms with Crippen molar-refractivity contribution in [2.75, 3.05) is 0 Å². The Morgan fingerprint density at radius 1 is 1.33 bits per heavy atom. The summed E-state index contributed by atoms with van der Waals surface area (Å²) in [6.45, 7) is 5.21. The van der Waals surface area contributed by atoms with Crippen LogP contribution in [-0.4, -0.2) is 28.7 Å². The van der Waals surface area contributed by atoms with Gasteiger partial charge in [-0.25, -0.2) is 4.39 Å². The van der Waals surface area contributed by atoms with Crippen LogP contribution in [0.1, 0.15) is 26.3 Å². The molecule has 0 fully saturated rings. The van der Waals surface area contributed by atoms with Crippen molar-refractivity contribution in [3.05, 3.63) is 29.6 Å². The Balaban J connectivity index is 2.82. The van der Waals surface area contributed by atoms with Crippen LogP contribution in [0.15, 0.2) is 18.2 Å². The van der Waals surface area contributed by atoms with E-state index in [0.29, 0.717) is 5.56 Å². The van der Waals surface area contributed by atoms with Crippen LogP contribution in [0.25, 0.3) is 0 Å². The van der Waals surface area contributed by atoms with E-state index in [-0.39, 0.29) is 11.9 Å². The maximum absolute atomic E-state index is 13.2. The van der Waals surface area contributed by atoms with Gasteiger partial charge in [0.15, 0.2) is 0 Å². The van der Waals surface area contributed by atoms with Crippen molar-refractivity contribution in [2.24, 2.45) is 0 Å². The summed E-state index contributed by atoms with van der Waals surface area (Å²) in [4.78, 5) is 11.6. The van der Waals surface area contributed by atoms with Crippen LogP contribution >= 0.6 is 0 Å². The largest absolute Gasteiger partial charge is 0.488 e. The quantitative estimate of drug-likeness (QED) is 0.604. The fourth-order valence-electron chi connectivity index (χ4n) is 1.47. The highest BCUT2D eigenvalue weighted by Gasteiger charge is 2.18. The molecule has 0 aliphatic heterocycles. The SMILES string of the molecule is CC(C)(C)OC(=O)Cc1cc(F)cc(B(O)O)c1. The third kappa shape index (κ3) is 4.85. The Kier molecular flexibility index (Phi) is 4.48. The lowest BCUT2D eigenvalue weighted by molar-refractivity contribution is -0.153. The van der Waals surface area contributed by atoms with Gasteiger partial charge in [-0.05, 0) is 43.9 Å². The molecule has 0 aliphatic rings. The van der Waals surface area contributed by atoms with E-state index >= 15 is 0 Å². The summed E-state index contributed by atoms with van der Waals surface area (Å²) >= 11 is 0. The molecule has 0 bridgehead atoms. The molecule has 0 saturated heterocycles. The molecule has 0 amide bonds. The molecule has 1 aromatic rings. The van der Waals surface area contributed by atoms with Crippen LogP contribution in [0.4, 0.5) is 4.39 Å². The Bertz CT molecular complexity index is 440. The van der Waals surface area contributed by atoms with Gasteiger partial charge >= 0.3 is 13.1 Å². The molecule has 0 aliphatic carbocycles. The zero-order valence-electron chi connectivity index (χ0n) is 10.6. The number of ether oxygens (including phenoxy) is 1. The van der Waals surface area contributed by atoms with E-state index in [1.165, 1.54) is 6.07 Å². The minimum atomic E-state index is -1.77. The maximum Gasteiger partial charge on any atom is 0.488 e. The number of carbonyl (C=O) groups is 1. The lowest BCUT2D eigenvalue weighted by Crippen LogP contribution is -2.31. The third-order valence-corrected chi connectivity index (χ3v) is 2.05. The van der Waals surface area contributed by atoms with Crippen molar-refractivity contribution >= 4 is 18.6 Å². The molecule has 6 heteroatoms. The highest BCUT2D eigenvalue weighted by molar-refractivity contribution is 6.58. The Hall–Kier alpha value is -1.40. The zero-order valence-corrected chi connectivity index (χ0v) is 10.6. The monoisotopic (exact) mass is 254 g/mol. The van der Waals surface area contributed by atoms with Gasteiger partial charge in [0.25, 0.3) is 0 Å². The van der Waals surface area contributed by atoms with Gasteiger partial charge in [-0.3, -0.25) is 4.79 Å². The van der Waals surface area contributed by atoms with Crippen molar-refractivity contribution < 1.29 is 24.0 Å². The maximum atomic E-state index is 13.2. The van der Waals surface area contributed by atoms with Gasteiger partial charge in [-0.15, -0.1) is 0 Å². The highest BCUT2D eigenvalue weighted by atomic mass is 19.1. The van der Waals surface area contributed by atoms with E-state index < -0.39 is 24.5 Å². The molecule has 1 aromatic carbocycles. The fraction of sp³-hybridized carbons (Fsp3) is 0.417. The lowest BCUT2D eigenvalue weighted by Gasteiger charge is -2.19. The third-order valence-electron chi connectivity index (χ3n) is 2.05. The average Bonchev–Trinajstić information content (AvgIpc) is 2.12. The second kappa shape index (κ2) is 5.50. The number of hydrogen-bond donors (Lipinski definition) is 2. The number of carbonyl (C=O) groups excluding carboxylic acids is 1. The highest BCUT2D eigenvalue weighted by Crippen LogP contribution is 2.10. The van der Waals surface area contributed by atoms with Crippen LogP contribution in [0.2, 0.25) is 0 Å². The van der Waals surface area contributed by atoms with Gasteiger partial charge in [0.2, 0.25) is 0 Å². The Morgan fingerprint density at radius 3 is 2.44 bits per heavy atom. The molecule has 0 spiro atoms. The van der Waals surface area contributed by atoms with Crippen molar-refractivity contribution in [1.29, 1.82) is 0 Å². The first kappa shape index (κ1) is 14.7. The smallest absolute Gasteiger partial charge is 0.460 e. The molecule has 0 atom stereocenters. The Labute approximate surface area is 106 Å². The van der Waals surface area contributed by atoms with Gasteiger partial charge in [0, 0.05) is 0 Å². The van der Waals surface area contributed by atoms with E-state index in [1.54, 1.807) is 20.8 Å². The molecule has 0 aromatic heterocycles. The molecule has 98 valence electrons. The number of rotatable bonds is 3. The number of benzene rings is 1. The van der Waals surface area contributed by atoms with Gasteiger partial charge in [-0.2, -0.15) is 0 Å². The van der Waals surface area contributed by atoms with Crippen molar-refractivity contribution in [2.45, 2.75) is 32.8 Å². The number of esters is 1. The van der Waals surface area contributed by atoms with Gasteiger partial charge in [-0.1, -0.05) is 6.07 Å². The standard InChI is InChI=1S/C12H16BFO4/c1-12(2,3)18-11(15)6-8-4-9(13(16)17)7-10(14)5-8/h4-5,7,16-17H,6H2,1-3H3. The summed E-state index contributed by atoms with van der Waals surface area (Å²) < 4.78 is 18.3. The summed E-state index contributed by atoms with van der Waals surface area (Å²) in [6, 6.07) is 3.52. The fourth-order valence-corrected chi connectivity index (χ4v) is 1.47. The normalized spacial score (nSPS) is 11.2. The molecule has 0 saturated carbocycles. The van der Waals surface area contributed by atoms with Crippen LogP contribution in [0, 0.1) is 5.82 Å². The van der Waals surface area contributed by atoms with Crippen LogP contribution in [0.5, 0.6) is 0 Å². The summed E-state index contributed by atoms with van der Waals surface area (Å²) in [5.41, 5.74) is -0.259. The average molecular weight is 254 g/mol. The second-order valence-corrected chi connectivity index (χ2v) is 5.03. The van der Waals surface area contributed by atoms with E-state index in [9.17, 15) is 9.18 Å². The van der Waals surface area contributed by atoms with E-state index in [0.717, 1.165) is 12.1 Å². The Morgan fingerprint density at radius 2 is 1.94 bits per heavy atom. The van der Waals surface area contributed by atoms with Gasteiger partial charge in [0.05, 0.1) is 6.42 Å². The first-order valence-electron chi connectivity index (χ1n) is 5.55. The van der Waals surface area contributed by atoms with Crippen LogP contribution in [-0.2, 0) is 16.0 Å². The summed E-state index contributed by atoms with van der Waals surface area (Å²) in [5, 5.41) is 17.9. The molecule has 2 N–H and O–H groups in total. The number of halogens is 1. The van der Waals surface area contributed by atoms with Crippen LogP contribution < -0.4 is 5.46 Å². The van der Waals surface area contributed by atoms with E-state index in [2.05, 4.69) is 0 Å². The van der Waals surface area contributed by atoms with Crippen molar-refractivity contribution in [3.63, 3.8) is 0 Å². The van der Waals surface area contributed by atoms with Crippen LogP contribution in [0.3, 0.4) is 0 Å². The molecule has 0 heterocycles. The molecule has 18 heavy (non-hydrogen) atoms. The minimum absolute atomic E-state index is 0.00792. The first-order valence-corrected chi connectivity index (χ1v) is 5.55. The molecule has 0 radical (unpaired) electrons. The van der Waals surface area contributed by atoms with Gasteiger partial charge < -0.3 is 14.8 Å². The predicted molar refractivity (Wildman–Crippen MR) is 65.8 cm³/mol. The molecule has 4 nitrogen and oxygen atoms in total. The molecule has 0 unspecified atom stereocenters. The minimum Gasteiger partial charge on any atom is -0.460 e. The van der Waals surface area contributed by atoms with E-state index in [4.69, 9.17) is 14.8 Å². The topological polar surface area (TPSA) is 66.8 Å². The van der Waals surface area contributed by atoms with Gasteiger partial charge in [0.1, 0.15) is 11.4 Å². The predicted octanol–water partition coefficient (Wildman–Crippen LogP) is 0.390. The summed E-state index contributed by atoms with van der Waals surface area (Å²) in [6.07, 6.45) is -0.116. The lowest BCUT2D eigenvalue weighted by atomic mass is 9.79. The number of hydrogen-bond acceptors (Lipinski definition) is 4. The molecule has 1 rings (SSSR count). The zero-order chi connectivity index (χ0) is 13.9.